The van der Waals surface area contributed by atoms with E-state index in [9.17, 15) is 0 Å². The maximum Gasteiger partial charge on any atom is 0.159 e. The highest BCUT2D eigenvalue weighted by atomic mass is 35.5. The van der Waals surface area contributed by atoms with Crippen molar-refractivity contribution in [2.24, 2.45) is 20.4 Å². The SMILES string of the molecule is Cl/C(=N\N=C(/Cl)c1ccccc1-c1ccccc1/C(Cl)=N/N=C(\Cl)c1ccccc1)c1ccccc1. The van der Waals surface area contributed by atoms with Gasteiger partial charge in [-0.3, -0.25) is 0 Å². The molecule has 0 heterocycles. The fraction of sp³-hybridized carbons (Fsp3) is 0. The minimum atomic E-state index is 0.174. The molecule has 0 aliphatic carbocycles. The van der Waals surface area contributed by atoms with Gasteiger partial charge < -0.3 is 0 Å². The van der Waals surface area contributed by atoms with Crippen LogP contribution in [0.4, 0.5) is 0 Å². The monoisotopic (exact) mass is 550 g/mol. The van der Waals surface area contributed by atoms with Crippen LogP contribution in [0.5, 0.6) is 0 Å². The van der Waals surface area contributed by atoms with Crippen LogP contribution in [0.15, 0.2) is 130 Å². The second-order valence-electron chi connectivity index (χ2n) is 7.39. The van der Waals surface area contributed by atoms with Gasteiger partial charge in [-0.05, 0) is 11.1 Å². The molecule has 0 amide bonds. The molecule has 0 radical (unpaired) electrons. The van der Waals surface area contributed by atoms with Crippen molar-refractivity contribution >= 4 is 67.1 Å². The van der Waals surface area contributed by atoms with E-state index in [-0.39, 0.29) is 20.7 Å². The van der Waals surface area contributed by atoms with Crippen LogP contribution in [-0.4, -0.2) is 20.7 Å². The molecule has 4 aromatic carbocycles. The lowest BCUT2D eigenvalue weighted by molar-refractivity contribution is 1.25. The summed E-state index contributed by atoms with van der Waals surface area (Å²) in [6.45, 7) is 0. The average molecular weight is 552 g/mol. The number of hydrogen-bond acceptors (Lipinski definition) is 4. The smallest absolute Gasteiger partial charge is 0.136 e. The van der Waals surface area contributed by atoms with Gasteiger partial charge in [-0.1, -0.05) is 156 Å². The van der Waals surface area contributed by atoms with E-state index in [0.29, 0.717) is 11.1 Å². The van der Waals surface area contributed by atoms with E-state index in [4.69, 9.17) is 46.4 Å². The molecule has 36 heavy (non-hydrogen) atoms. The number of hydrogen-bond donors (Lipinski definition) is 0. The highest BCUT2D eigenvalue weighted by Gasteiger charge is 2.15. The minimum absolute atomic E-state index is 0.174. The molecule has 178 valence electrons. The summed E-state index contributed by atoms with van der Waals surface area (Å²) in [7, 11) is 0. The van der Waals surface area contributed by atoms with Crippen molar-refractivity contribution in [2.45, 2.75) is 0 Å². The molecule has 0 saturated carbocycles. The third kappa shape index (κ3) is 6.48. The molecule has 0 unspecified atom stereocenters. The van der Waals surface area contributed by atoms with Crippen LogP contribution < -0.4 is 0 Å². The van der Waals surface area contributed by atoms with Crippen LogP contribution in [0, 0.1) is 0 Å². The topological polar surface area (TPSA) is 49.4 Å². The van der Waals surface area contributed by atoms with E-state index in [2.05, 4.69) is 20.4 Å². The molecule has 0 bridgehead atoms. The van der Waals surface area contributed by atoms with Gasteiger partial charge in [0.15, 0.2) is 20.7 Å². The van der Waals surface area contributed by atoms with Crippen molar-refractivity contribution < 1.29 is 0 Å². The van der Waals surface area contributed by atoms with Gasteiger partial charge in [-0.15, -0.1) is 20.4 Å². The summed E-state index contributed by atoms with van der Waals surface area (Å²) in [4.78, 5) is 0. The van der Waals surface area contributed by atoms with Crippen LogP contribution in [0.3, 0.4) is 0 Å². The van der Waals surface area contributed by atoms with Crippen molar-refractivity contribution in [3.8, 4) is 11.1 Å². The first-order valence-corrected chi connectivity index (χ1v) is 12.3. The van der Waals surface area contributed by atoms with Crippen LogP contribution >= 0.6 is 46.4 Å². The molecule has 4 aromatic rings. The normalized spacial score (nSPS) is 13.1. The zero-order chi connectivity index (χ0) is 25.3. The van der Waals surface area contributed by atoms with E-state index < -0.39 is 0 Å². The second-order valence-corrected chi connectivity index (χ2v) is 8.82. The van der Waals surface area contributed by atoms with Gasteiger partial charge in [0.05, 0.1) is 0 Å². The van der Waals surface area contributed by atoms with Gasteiger partial charge in [-0.25, -0.2) is 0 Å². The Morgan fingerprint density at radius 2 is 0.667 bits per heavy atom. The molecule has 0 aliphatic rings. The summed E-state index contributed by atoms with van der Waals surface area (Å²) < 4.78 is 0. The Bertz CT molecular complexity index is 1350. The fourth-order valence-corrected chi connectivity index (χ4v) is 4.08. The van der Waals surface area contributed by atoms with Gasteiger partial charge in [0.1, 0.15) is 0 Å². The Balaban J connectivity index is 1.70. The Morgan fingerprint density at radius 1 is 0.361 bits per heavy atom. The molecule has 0 spiro atoms. The largest absolute Gasteiger partial charge is 0.159 e. The first-order valence-electron chi connectivity index (χ1n) is 10.8. The molecular weight excluding hydrogens is 534 g/mol. The molecule has 0 aromatic heterocycles. The van der Waals surface area contributed by atoms with Gasteiger partial charge in [0.2, 0.25) is 0 Å². The van der Waals surface area contributed by atoms with Crippen LogP contribution in [0.1, 0.15) is 22.3 Å². The van der Waals surface area contributed by atoms with Crippen molar-refractivity contribution in [1.82, 2.24) is 0 Å². The van der Waals surface area contributed by atoms with Gasteiger partial charge in [-0.2, -0.15) is 0 Å². The molecular formula is C28H18Cl4N4. The number of benzene rings is 4. The van der Waals surface area contributed by atoms with E-state index in [1.807, 2.05) is 109 Å². The maximum absolute atomic E-state index is 6.58. The average Bonchev–Trinajstić information content (AvgIpc) is 2.95. The minimum Gasteiger partial charge on any atom is -0.136 e. The lowest BCUT2D eigenvalue weighted by Gasteiger charge is -2.12. The quantitative estimate of drug-likeness (QED) is 0.163. The predicted octanol–water partition coefficient (Wildman–Crippen LogP) is 8.53. The zero-order valence-corrected chi connectivity index (χ0v) is 21.7. The van der Waals surface area contributed by atoms with E-state index in [1.165, 1.54) is 0 Å². The molecule has 0 saturated heterocycles. The molecule has 4 nitrogen and oxygen atoms in total. The van der Waals surface area contributed by atoms with E-state index in [1.54, 1.807) is 0 Å². The molecule has 0 fully saturated rings. The molecule has 0 atom stereocenters. The Kier molecular flexibility index (Phi) is 9.04. The summed E-state index contributed by atoms with van der Waals surface area (Å²) in [6.07, 6.45) is 0. The summed E-state index contributed by atoms with van der Waals surface area (Å²) in [5.74, 6) is 0. The standard InChI is InChI=1S/C28H18Cl4N4/c29-25(19-11-3-1-4-12-19)33-35-27(31)23-17-9-7-15-21(23)22-16-8-10-18-24(22)28(32)36-34-26(30)20-13-5-2-6-14-20/h1-18H/b33-25-,34-26-,35-27-,36-28-. The van der Waals surface area contributed by atoms with Crippen molar-refractivity contribution in [3.63, 3.8) is 0 Å². The Labute approximate surface area is 229 Å². The first-order chi connectivity index (χ1) is 17.5. The van der Waals surface area contributed by atoms with Crippen LogP contribution in [0.2, 0.25) is 0 Å². The van der Waals surface area contributed by atoms with Gasteiger partial charge in [0, 0.05) is 22.3 Å². The number of nitrogens with zero attached hydrogens (tertiary/aromatic N) is 4. The lowest BCUT2D eigenvalue weighted by atomic mass is 9.96. The summed E-state index contributed by atoms with van der Waals surface area (Å²) >= 11 is 25.7. The molecule has 0 aliphatic heterocycles. The van der Waals surface area contributed by atoms with E-state index in [0.717, 1.165) is 22.3 Å². The number of rotatable bonds is 7. The highest BCUT2D eigenvalue weighted by Crippen LogP contribution is 2.30. The molecule has 0 N–H and O–H groups in total. The van der Waals surface area contributed by atoms with E-state index >= 15 is 0 Å². The van der Waals surface area contributed by atoms with Crippen LogP contribution in [-0.2, 0) is 0 Å². The summed E-state index contributed by atoms with van der Waals surface area (Å²) in [5, 5.41) is 17.3. The Morgan fingerprint density at radius 3 is 1.06 bits per heavy atom. The van der Waals surface area contributed by atoms with Crippen molar-refractivity contribution in [2.75, 3.05) is 0 Å². The number of halogens is 4. The Hall–Kier alpha value is -3.28. The third-order valence-corrected chi connectivity index (χ3v) is 6.21. The molecule has 8 heteroatoms. The van der Waals surface area contributed by atoms with Crippen molar-refractivity contribution in [1.29, 1.82) is 0 Å². The lowest BCUT2D eigenvalue weighted by Crippen LogP contribution is -2.00. The summed E-state index contributed by atoms with van der Waals surface area (Å²) in [6, 6.07) is 33.7. The fourth-order valence-electron chi connectivity index (χ4n) is 3.35. The van der Waals surface area contributed by atoms with Gasteiger partial charge >= 0.3 is 0 Å². The second kappa shape index (κ2) is 12.6. The zero-order valence-electron chi connectivity index (χ0n) is 18.7. The maximum atomic E-state index is 6.58. The van der Waals surface area contributed by atoms with Crippen LogP contribution in [0.25, 0.3) is 11.1 Å². The third-order valence-electron chi connectivity index (χ3n) is 5.06. The summed E-state index contributed by atoms with van der Waals surface area (Å²) in [5.41, 5.74) is 4.37. The van der Waals surface area contributed by atoms with Gasteiger partial charge in [0.25, 0.3) is 0 Å². The van der Waals surface area contributed by atoms with Crippen molar-refractivity contribution in [3.05, 3.63) is 131 Å². The first kappa shape index (κ1) is 25.8. The molecule has 4 rings (SSSR count). The highest BCUT2D eigenvalue weighted by molar-refractivity contribution is 6.72. The predicted molar refractivity (Wildman–Crippen MR) is 154 cm³/mol.